The molecule has 0 amide bonds. The maximum atomic E-state index is 11.3. The van der Waals surface area contributed by atoms with Gasteiger partial charge in [0.25, 0.3) is 0 Å². The van der Waals surface area contributed by atoms with Crippen molar-refractivity contribution in [2.24, 2.45) is 0 Å². The molecule has 14 heavy (non-hydrogen) atoms. The van der Waals surface area contributed by atoms with Gasteiger partial charge < -0.3 is 4.79 Å². The fourth-order valence-corrected chi connectivity index (χ4v) is 1.23. The van der Waals surface area contributed by atoms with E-state index in [1.807, 2.05) is 30.3 Å². The van der Waals surface area contributed by atoms with Crippen molar-refractivity contribution in [2.45, 2.75) is 6.92 Å². The third kappa shape index (κ3) is 2.22. The maximum Gasteiger partial charge on any atom is 0.118 e. The summed E-state index contributed by atoms with van der Waals surface area (Å²) in [7, 11) is 0. The Kier molecular flexibility index (Phi) is 3.84. The second-order valence-electron chi connectivity index (χ2n) is 2.87. The first-order chi connectivity index (χ1) is 6.27. The Balaban J connectivity index is 0.000000980. The Morgan fingerprint density at radius 1 is 1.29 bits per heavy atom. The molecule has 0 aliphatic rings. The second kappa shape index (κ2) is 4.71. The number of nitrogens with zero attached hydrogens (tertiary/aromatic N) is 2. The molecular formula is C10H9N2OY-. The van der Waals surface area contributed by atoms with Crippen LogP contribution in [0.3, 0.4) is 0 Å². The smallest absolute Gasteiger partial charge is 0.118 e. The molecule has 3 nitrogen and oxygen atoms in total. The number of rotatable bonds is 1. The zero-order valence-electron chi connectivity index (χ0n) is 7.84. The molecule has 0 saturated heterocycles. The molecular weight excluding hydrogens is 253 g/mol. The van der Waals surface area contributed by atoms with E-state index in [1.54, 1.807) is 6.92 Å². The molecule has 1 heterocycles. The van der Waals surface area contributed by atoms with Crippen LogP contribution in [0.4, 0.5) is 0 Å². The third-order valence-electron chi connectivity index (χ3n) is 1.80. The Hall–Kier alpha value is -0.666. The fraction of sp³-hybridized carbons (Fsp3) is 0.100. The molecule has 0 N–H and O–H groups in total. The van der Waals surface area contributed by atoms with E-state index >= 15 is 0 Å². The second-order valence-corrected chi connectivity index (χ2v) is 2.87. The van der Waals surface area contributed by atoms with Gasteiger partial charge in [-0.15, -0.1) is 0 Å². The van der Waals surface area contributed by atoms with Crippen LogP contribution in [0.5, 0.6) is 0 Å². The minimum Gasteiger partial charge on any atom is -0.308 e. The van der Waals surface area contributed by atoms with Crippen LogP contribution in [0.15, 0.2) is 41.2 Å². The monoisotopic (exact) mass is 262 g/mol. The van der Waals surface area contributed by atoms with Gasteiger partial charge in [-0.1, -0.05) is 30.8 Å². The van der Waals surface area contributed by atoms with Gasteiger partial charge in [0.2, 0.25) is 0 Å². The summed E-state index contributed by atoms with van der Waals surface area (Å²) in [5.41, 5.74) is 1.47. The molecule has 0 atom stereocenters. The molecule has 0 bridgehead atoms. The number of hydrogen-bond acceptors (Lipinski definition) is 2. The molecule has 4 heteroatoms. The van der Waals surface area contributed by atoms with Crippen molar-refractivity contribution >= 4 is 0 Å². The van der Waals surface area contributed by atoms with Crippen LogP contribution >= 0.6 is 0 Å². The Bertz CT molecular complexity index is 458. The molecule has 0 fully saturated rings. The molecule has 0 unspecified atom stereocenters. The molecule has 2 rings (SSSR count). The van der Waals surface area contributed by atoms with Crippen LogP contribution in [-0.2, 0) is 32.7 Å². The Morgan fingerprint density at radius 3 is 2.43 bits per heavy atom. The average molecular weight is 262 g/mol. The molecule has 1 aromatic heterocycles. The van der Waals surface area contributed by atoms with Crippen LogP contribution in [0.2, 0.25) is 0 Å². The van der Waals surface area contributed by atoms with Crippen molar-refractivity contribution in [3.63, 3.8) is 0 Å². The molecule has 0 spiro atoms. The predicted octanol–water partition coefficient (Wildman–Crippen LogP) is 1.26. The summed E-state index contributed by atoms with van der Waals surface area (Å²) >= 11 is 0. The van der Waals surface area contributed by atoms with Gasteiger partial charge in [-0.05, 0) is 12.1 Å². The number of para-hydroxylation sites is 1. The number of benzene rings is 1. The van der Waals surface area contributed by atoms with E-state index in [-0.39, 0.29) is 38.3 Å². The van der Waals surface area contributed by atoms with Gasteiger partial charge in [-0.25, -0.2) is 9.78 Å². The molecule has 1 aromatic carbocycles. The largest absolute Gasteiger partial charge is 0.308 e. The van der Waals surface area contributed by atoms with Gasteiger partial charge in [0.05, 0.1) is 5.69 Å². The standard InChI is InChI=1S/C10H9N2O.Y/c1-8-7-10(13)12(11-8)9-5-3-2-4-6-9;/h2-7H,1H3;/q-1;. The van der Waals surface area contributed by atoms with E-state index in [1.165, 1.54) is 10.7 Å². The van der Waals surface area contributed by atoms with Crippen LogP contribution in [-0.4, -0.2) is 9.78 Å². The number of aromatic nitrogens is 2. The van der Waals surface area contributed by atoms with Gasteiger partial charge in [-0.3, -0.25) is 6.07 Å². The summed E-state index contributed by atoms with van der Waals surface area (Å²) in [6.07, 6.45) is 0. The summed E-state index contributed by atoms with van der Waals surface area (Å²) in [5, 5.41) is 4.08. The van der Waals surface area contributed by atoms with E-state index in [4.69, 9.17) is 0 Å². The molecule has 1 radical (unpaired) electrons. The van der Waals surface area contributed by atoms with Gasteiger partial charge >= 0.3 is 0 Å². The number of aryl methyl sites for hydroxylation is 1. The quantitative estimate of drug-likeness (QED) is 0.725. The molecule has 0 aliphatic carbocycles. The first-order valence-electron chi connectivity index (χ1n) is 4.06. The van der Waals surface area contributed by atoms with E-state index < -0.39 is 0 Å². The van der Waals surface area contributed by atoms with E-state index in [2.05, 4.69) is 5.10 Å². The van der Waals surface area contributed by atoms with Crippen molar-refractivity contribution in [2.75, 3.05) is 0 Å². The van der Waals surface area contributed by atoms with Crippen LogP contribution in [0.25, 0.3) is 5.69 Å². The molecule has 0 aliphatic heterocycles. The van der Waals surface area contributed by atoms with Crippen LogP contribution in [0, 0.1) is 6.92 Å². The Labute approximate surface area is 107 Å². The normalized spacial score (nSPS) is 9.50. The van der Waals surface area contributed by atoms with Gasteiger partial charge in [0, 0.05) is 32.7 Å². The zero-order chi connectivity index (χ0) is 9.26. The first-order valence-corrected chi connectivity index (χ1v) is 4.06. The summed E-state index contributed by atoms with van der Waals surface area (Å²) < 4.78 is 1.40. The minimum atomic E-state index is -0.0799. The average Bonchev–Trinajstić information content (AvgIpc) is 2.47. The van der Waals surface area contributed by atoms with Crippen molar-refractivity contribution in [1.82, 2.24) is 9.78 Å². The van der Waals surface area contributed by atoms with Crippen molar-refractivity contribution in [1.29, 1.82) is 0 Å². The van der Waals surface area contributed by atoms with Gasteiger partial charge in [0.1, 0.15) is 5.56 Å². The van der Waals surface area contributed by atoms with E-state index in [9.17, 15) is 4.79 Å². The van der Waals surface area contributed by atoms with Crippen molar-refractivity contribution in [3.05, 3.63) is 52.4 Å². The van der Waals surface area contributed by atoms with Crippen molar-refractivity contribution in [3.8, 4) is 5.69 Å². The van der Waals surface area contributed by atoms with Crippen LogP contribution < -0.4 is 5.56 Å². The maximum absolute atomic E-state index is 11.3. The molecule has 0 saturated carbocycles. The minimum absolute atomic E-state index is 0. The topological polar surface area (TPSA) is 34.9 Å². The summed E-state index contributed by atoms with van der Waals surface area (Å²) in [5.74, 6) is 0. The predicted molar refractivity (Wildman–Crippen MR) is 50.2 cm³/mol. The summed E-state index contributed by atoms with van der Waals surface area (Å²) in [6.45, 7) is 1.81. The van der Waals surface area contributed by atoms with Crippen molar-refractivity contribution < 1.29 is 32.7 Å². The van der Waals surface area contributed by atoms with E-state index in [0.717, 1.165) is 11.4 Å². The molecule has 2 aromatic rings. The summed E-state index contributed by atoms with van der Waals surface area (Å²) in [6, 6.07) is 10.9. The summed E-state index contributed by atoms with van der Waals surface area (Å²) in [4.78, 5) is 11.3. The SMILES string of the molecule is Cc1[cH-]c(=O)n(-c2ccccc2)n1.[Y]. The van der Waals surface area contributed by atoms with Crippen LogP contribution in [0.1, 0.15) is 5.69 Å². The fourth-order valence-electron chi connectivity index (χ4n) is 1.23. The molecule has 69 valence electrons. The zero-order valence-corrected chi connectivity index (χ0v) is 10.7. The Morgan fingerprint density at radius 2 is 1.93 bits per heavy atom. The van der Waals surface area contributed by atoms with E-state index in [0.29, 0.717) is 0 Å². The number of hydrogen-bond donors (Lipinski definition) is 0. The first kappa shape index (κ1) is 11.4. The third-order valence-corrected chi connectivity index (χ3v) is 1.80. The van der Waals surface area contributed by atoms with Gasteiger partial charge in [0.15, 0.2) is 0 Å². The van der Waals surface area contributed by atoms with Gasteiger partial charge in [-0.2, -0.15) is 0 Å².